The summed E-state index contributed by atoms with van der Waals surface area (Å²) in [6.45, 7) is 0. The van der Waals surface area contributed by atoms with Gasteiger partial charge in [0.15, 0.2) is 9.84 Å². The fraction of sp³-hybridized carbons (Fsp3) is 0. The SMILES string of the molecule is O=S(=O)(C#CC=CS(=O)(=O)c1ccccc1)c1ccccc1. The summed E-state index contributed by atoms with van der Waals surface area (Å²) in [6.07, 6.45) is 1.02. The Bertz CT molecular complexity index is 931. The van der Waals surface area contributed by atoms with Gasteiger partial charge < -0.3 is 0 Å². The van der Waals surface area contributed by atoms with Crippen LogP contribution in [0.2, 0.25) is 0 Å². The summed E-state index contributed by atoms with van der Waals surface area (Å²) < 4.78 is 47.6. The van der Waals surface area contributed by atoms with Gasteiger partial charge in [-0.3, -0.25) is 0 Å². The zero-order valence-corrected chi connectivity index (χ0v) is 13.0. The van der Waals surface area contributed by atoms with Gasteiger partial charge in [0.1, 0.15) is 0 Å². The van der Waals surface area contributed by atoms with Gasteiger partial charge in [-0.15, -0.1) is 0 Å². The average molecular weight is 332 g/mol. The lowest BCUT2D eigenvalue weighted by Gasteiger charge is -1.96. The summed E-state index contributed by atoms with van der Waals surface area (Å²) in [7, 11) is -7.37. The van der Waals surface area contributed by atoms with E-state index >= 15 is 0 Å². The van der Waals surface area contributed by atoms with Crippen molar-refractivity contribution >= 4 is 19.7 Å². The van der Waals surface area contributed by atoms with Crippen LogP contribution in [0.3, 0.4) is 0 Å². The third kappa shape index (κ3) is 4.07. The Morgan fingerprint density at radius 2 is 1.23 bits per heavy atom. The maximum absolute atomic E-state index is 11.9. The van der Waals surface area contributed by atoms with Gasteiger partial charge in [0.2, 0.25) is 9.84 Å². The molecule has 0 radical (unpaired) electrons. The third-order valence-corrected chi connectivity index (χ3v) is 5.35. The normalized spacial score (nSPS) is 11.8. The molecular weight excluding hydrogens is 320 g/mol. The van der Waals surface area contributed by atoms with E-state index in [-0.39, 0.29) is 9.79 Å². The van der Waals surface area contributed by atoms with E-state index in [2.05, 4.69) is 11.2 Å². The molecule has 0 aliphatic carbocycles. The lowest BCUT2D eigenvalue weighted by atomic mass is 10.4. The zero-order valence-electron chi connectivity index (χ0n) is 11.4. The maximum atomic E-state index is 11.9. The van der Waals surface area contributed by atoms with Gasteiger partial charge in [-0.25, -0.2) is 16.8 Å². The fourth-order valence-corrected chi connectivity index (χ4v) is 3.38. The first-order chi connectivity index (χ1) is 10.4. The van der Waals surface area contributed by atoms with Crippen molar-refractivity contribution in [2.45, 2.75) is 9.79 Å². The molecule has 4 nitrogen and oxygen atoms in total. The van der Waals surface area contributed by atoms with Crippen LogP contribution in [-0.2, 0) is 19.7 Å². The lowest BCUT2D eigenvalue weighted by Crippen LogP contribution is -1.96. The molecule has 112 valence electrons. The number of rotatable bonds is 3. The van der Waals surface area contributed by atoms with Gasteiger partial charge in [-0.2, -0.15) is 0 Å². The second-order valence-electron chi connectivity index (χ2n) is 4.22. The first-order valence-corrected chi connectivity index (χ1v) is 9.24. The van der Waals surface area contributed by atoms with Crippen molar-refractivity contribution in [2.24, 2.45) is 0 Å². The Balaban J connectivity index is 2.21. The van der Waals surface area contributed by atoms with E-state index in [1.165, 1.54) is 24.3 Å². The molecule has 0 aliphatic heterocycles. The van der Waals surface area contributed by atoms with Gasteiger partial charge in [-0.05, 0) is 24.3 Å². The van der Waals surface area contributed by atoms with Crippen LogP contribution in [0, 0.1) is 11.2 Å². The summed E-state index contributed by atoms with van der Waals surface area (Å²) in [5, 5.41) is 2.96. The number of benzene rings is 2. The standard InChI is InChI=1S/C16H12O4S2/c17-21(18,15-9-3-1-4-10-15)13-7-8-14-22(19,20)16-11-5-2-6-12-16/h1-7,9-13H. The molecule has 0 heterocycles. The number of allylic oxidation sites excluding steroid dienone is 1. The van der Waals surface area contributed by atoms with Gasteiger partial charge in [0.25, 0.3) is 0 Å². The van der Waals surface area contributed by atoms with Crippen LogP contribution in [0.25, 0.3) is 0 Å². The molecule has 0 spiro atoms. The van der Waals surface area contributed by atoms with E-state index in [1.807, 2.05) is 0 Å². The second kappa shape index (κ2) is 6.60. The Kier molecular flexibility index (Phi) is 4.81. The second-order valence-corrected chi connectivity index (χ2v) is 7.74. The van der Waals surface area contributed by atoms with E-state index in [0.29, 0.717) is 0 Å². The van der Waals surface area contributed by atoms with Gasteiger partial charge in [0, 0.05) is 16.7 Å². The first-order valence-electron chi connectivity index (χ1n) is 6.21. The van der Waals surface area contributed by atoms with Crippen molar-refractivity contribution in [1.82, 2.24) is 0 Å². The predicted octanol–water partition coefficient (Wildman–Crippen LogP) is 2.41. The van der Waals surface area contributed by atoms with Crippen LogP contribution in [-0.4, -0.2) is 16.8 Å². The van der Waals surface area contributed by atoms with E-state index in [1.54, 1.807) is 36.4 Å². The highest BCUT2D eigenvalue weighted by molar-refractivity contribution is 7.96. The third-order valence-electron chi connectivity index (χ3n) is 2.65. The van der Waals surface area contributed by atoms with Crippen molar-refractivity contribution in [2.75, 3.05) is 0 Å². The Morgan fingerprint density at radius 1 is 0.727 bits per heavy atom. The van der Waals surface area contributed by atoms with Gasteiger partial charge in [-0.1, -0.05) is 42.3 Å². The van der Waals surface area contributed by atoms with Gasteiger partial charge in [0.05, 0.1) is 9.79 Å². The fourth-order valence-electron chi connectivity index (χ4n) is 1.58. The topological polar surface area (TPSA) is 68.3 Å². The first kappa shape index (κ1) is 16.0. The quantitative estimate of drug-likeness (QED) is 0.639. The highest BCUT2D eigenvalue weighted by Gasteiger charge is 2.09. The molecule has 2 aromatic rings. The molecule has 0 aromatic heterocycles. The van der Waals surface area contributed by atoms with Crippen molar-refractivity contribution in [3.8, 4) is 11.2 Å². The van der Waals surface area contributed by atoms with E-state index in [4.69, 9.17) is 0 Å². The molecule has 6 heteroatoms. The molecule has 0 N–H and O–H groups in total. The molecule has 2 rings (SSSR count). The van der Waals surface area contributed by atoms with E-state index < -0.39 is 19.7 Å². The largest absolute Gasteiger partial charge is 0.245 e. The van der Waals surface area contributed by atoms with Gasteiger partial charge >= 0.3 is 0 Å². The predicted molar refractivity (Wildman–Crippen MR) is 84.2 cm³/mol. The molecule has 0 unspecified atom stereocenters. The van der Waals surface area contributed by atoms with Crippen molar-refractivity contribution in [3.63, 3.8) is 0 Å². The lowest BCUT2D eigenvalue weighted by molar-refractivity contribution is 0.603. The monoisotopic (exact) mass is 332 g/mol. The number of hydrogen-bond acceptors (Lipinski definition) is 4. The van der Waals surface area contributed by atoms with Crippen LogP contribution >= 0.6 is 0 Å². The van der Waals surface area contributed by atoms with Crippen LogP contribution in [0.1, 0.15) is 0 Å². The van der Waals surface area contributed by atoms with Crippen LogP contribution < -0.4 is 0 Å². The minimum atomic E-state index is -3.75. The van der Waals surface area contributed by atoms with Crippen LogP contribution in [0.15, 0.2) is 81.9 Å². The smallest absolute Gasteiger partial charge is 0.219 e. The molecule has 0 saturated carbocycles. The Hall–Kier alpha value is -2.36. The zero-order chi connectivity index (χ0) is 16.1. The minimum absolute atomic E-state index is 0.0711. The Morgan fingerprint density at radius 3 is 1.77 bits per heavy atom. The highest BCUT2D eigenvalue weighted by atomic mass is 32.2. The molecule has 0 atom stereocenters. The van der Waals surface area contributed by atoms with E-state index in [0.717, 1.165) is 11.5 Å². The van der Waals surface area contributed by atoms with Crippen molar-refractivity contribution < 1.29 is 16.8 Å². The highest BCUT2D eigenvalue weighted by Crippen LogP contribution is 2.11. The molecule has 2 aromatic carbocycles. The van der Waals surface area contributed by atoms with Crippen molar-refractivity contribution in [1.29, 1.82) is 0 Å². The van der Waals surface area contributed by atoms with Crippen molar-refractivity contribution in [3.05, 3.63) is 72.1 Å². The van der Waals surface area contributed by atoms with Crippen LogP contribution in [0.4, 0.5) is 0 Å². The molecule has 0 saturated heterocycles. The molecule has 22 heavy (non-hydrogen) atoms. The summed E-state index contributed by atoms with van der Waals surface area (Å²) >= 11 is 0. The summed E-state index contributed by atoms with van der Waals surface area (Å²) in [6, 6.07) is 15.5. The van der Waals surface area contributed by atoms with E-state index in [9.17, 15) is 16.8 Å². The molecule has 0 bridgehead atoms. The summed E-state index contributed by atoms with van der Waals surface area (Å²) in [5.74, 6) is 2.25. The summed E-state index contributed by atoms with van der Waals surface area (Å²) in [5.41, 5.74) is 0. The molecule has 0 fully saturated rings. The summed E-state index contributed by atoms with van der Waals surface area (Å²) in [4.78, 5) is 0.195. The Labute approximate surface area is 130 Å². The molecule has 0 amide bonds. The maximum Gasteiger partial charge on any atom is 0.245 e. The minimum Gasteiger partial charge on any atom is -0.219 e. The number of sulfone groups is 2. The average Bonchev–Trinajstić information content (AvgIpc) is 2.53. The van der Waals surface area contributed by atoms with Crippen LogP contribution in [0.5, 0.6) is 0 Å². The molecule has 0 aliphatic rings. The number of hydrogen-bond donors (Lipinski definition) is 0. The molecular formula is C16H12O4S2.